The number of nitrogens with zero attached hydrogens (tertiary/aromatic N) is 2. The summed E-state index contributed by atoms with van der Waals surface area (Å²) < 4.78 is 0. The molecular formula is C27H30N6O4. The number of anilines is 2. The number of hydrogen-bond donors (Lipinski definition) is 5. The minimum atomic E-state index is -1.19. The number of carbonyl (C=O) groups is 3. The second kappa shape index (κ2) is 10.4. The number of imidazole rings is 1. The number of nitrogens with one attached hydrogen (secondary N) is 3. The molecule has 0 unspecified atom stereocenters. The van der Waals surface area contributed by atoms with E-state index in [2.05, 4.69) is 20.6 Å². The maximum absolute atomic E-state index is 13.7. The molecule has 1 aromatic heterocycles. The van der Waals surface area contributed by atoms with E-state index in [9.17, 15) is 14.4 Å². The number of hydrogen-bond acceptors (Lipinski definition) is 5. The molecule has 2 aliphatic rings. The minimum Gasteiger partial charge on any atom is -0.465 e. The van der Waals surface area contributed by atoms with Crippen LogP contribution in [0.1, 0.15) is 65.5 Å². The molecule has 37 heavy (non-hydrogen) atoms. The van der Waals surface area contributed by atoms with Crippen molar-refractivity contribution in [1.29, 1.82) is 0 Å². The van der Waals surface area contributed by atoms with Crippen LogP contribution in [0.4, 0.5) is 16.2 Å². The maximum Gasteiger partial charge on any atom is 0.409 e. The lowest BCUT2D eigenvalue weighted by atomic mass is 10.00. The third-order valence-electron chi connectivity index (χ3n) is 7.00. The lowest BCUT2D eigenvalue weighted by Crippen LogP contribution is -2.35. The summed E-state index contributed by atoms with van der Waals surface area (Å²) in [6, 6.07) is 10.5. The van der Waals surface area contributed by atoms with Crippen LogP contribution in [-0.4, -0.2) is 44.4 Å². The molecule has 10 heteroatoms. The summed E-state index contributed by atoms with van der Waals surface area (Å²) in [4.78, 5) is 47.5. The summed E-state index contributed by atoms with van der Waals surface area (Å²) in [6.45, 7) is 1.04. The summed E-state index contributed by atoms with van der Waals surface area (Å²) >= 11 is 0. The van der Waals surface area contributed by atoms with Gasteiger partial charge in [0.05, 0.1) is 23.6 Å². The summed E-state index contributed by atoms with van der Waals surface area (Å²) in [7, 11) is 0. The molecule has 0 saturated heterocycles. The van der Waals surface area contributed by atoms with Crippen molar-refractivity contribution >= 4 is 29.3 Å². The van der Waals surface area contributed by atoms with E-state index in [1.807, 2.05) is 23.1 Å². The van der Waals surface area contributed by atoms with Crippen LogP contribution in [0.25, 0.3) is 11.3 Å². The number of amides is 3. The van der Waals surface area contributed by atoms with Crippen LogP contribution in [0.3, 0.4) is 0 Å². The number of carbonyl (C=O) groups excluding carboxylic acids is 2. The average molecular weight is 503 g/mol. The highest BCUT2D eigenvalue weighted by Crippen LogP contribution is 2.35. The van der Waals surface area contributed by atoms with Crippen molar-refractivity contribution < 1.29 is 19.5 Å². The van der Waals surface area contributed by atoms with Gasteiger partial charge in [0.2, 0.25) is 5.91 Å². The van der Waals surface area contributed by atoms with E-state index in [4.69, 9.17) is 10.8 Å². The van der Waals surface area contributed by atoms with Crippen molar-refractivity contribution in [1.82, 2.24) is 14.9 Å². The molecule has 3 heterocycles. The van der Waals surface area contributed by atoms with Crippen molar-refractivity contribution in [3.63, 3.8) is 0 Å². The predicted molar refractivity (Wildman–Crippen MR) is 139 cm³/mol. The van der Waals surface area contributed by atoms with E-state index in [1.165, 1.54) is 0 Å². The highest BCUT2D eigenvalue weighted by molar-refractivity contribution is 5.97. The molecule has 0 fully saturated rings. The standard InChI is InChI=1S/C27H30N6O4/c28-14-16-7-9-19-17(12-16)4-3-11-33(26(19)35)23-5-1-2-6-24(34)31-21-13-18(30-27(36)37)8-10-20(21)22-15-29-25(23)32-22/h7-10,12-13,15,23,30H,1-6,11,14,28H2,(H,29,32)(H,31,34)(H,36,37)/t23-/m0/s1. The fraction of sp³-hybridized carbons (Fsp3) is 0.333. The highest BCUT2D eigenvalue weighted by atomic mass is 16.4. The smallest absolute Gasteiger partial charge is 0.409 e. The fourth-order valence-electron chi connectivity index (χ4n) is 5.19. The molecule has 6 N–H and O–H groups in total. The first-order valence-corrected chi connectivity index (χ1v) is 12.5. The Morgan fingerprint density at radius 2 is 1.95 bits per heavy atom. The Bertz CT molecular complexity index is 1350. The minimum absolute atomic E-state index is 0.0198. The summed E-state index contributed by atoms with van der Waals surface area (Å²) in [6.07, 6.45) is 4.54. The zero-order valence-corrected chi connectivity index (χ0v) is 20.4. The number of benzene rings is 2. The van der Waals surface area contributed by atoms with E-state index in [0.29, 0.717) is 66.4 Å². The van der Waals surface area contributed by atoms with E-state index in [0.717, 1.165) is 30.4 Å². The number of carboxylic acid groups (broad SMARTS) is 1. The molecule has 3 amide bonds. The van der Waals surface area contributed by atoms with Crippen LogP contribution in [0.15, 0.2) is 42.6 Å². The predicted octanol–water partition coefficient (Wildman–Crippen LogP) is 4.27. The topological polar surface area (TPSA) is 153 Å². The van der Waals surface area contributed by atoms with E-state index in [-0.39, 0.29) is 17.9 Å². The quantitative estimate of drug-likeness (QED) is 0.360. The van der Waals surface area contributed by atoms with Crippen molar-refractivity contribution in [2.75, 3.05) is 17.2 Å². The van der Waals surface area contributed by atoms with Crippen LogP contribution in [0.5, 0.6) is 0 Å². The zero-order chi connectivity index (χ0) is 25.9. The van der Waals surface area contributed by atoms with Crippen LogP contribution in [0.2, 0.25) is 0 Å². The largest absolute Gasteiger partial charge is 0.465 e. The van der Waals surface area contributed by atoms with Gasteiger partial charge in [-0.25, -0.2) is 9.78 Å². The molecule has 2 aromatic carbocycles. The van der Waals surface area contributed by atoms with Gasteiger partial charge in [-0.05, 0) is 61.1 Å². The Morgan fingerprint density at radius 3 is 2.76 bits per heavy atom. The number of aryl methyl sites for hydroxylation is 1. The summed E-state index contributed by atoms with van der Waals surface area (Å²) in [5.74, 6) is 0.519. The molecule has 192 valence electrons. The summed E-state index contributed by atoms with van der Waals surface area (Å²) in [5.41, 5.74) is 10.8. The number of aromatic nitrogens is 2. The van der Waals surface area contributed by atoms with Gasteiger partial charge in [-0.3, -0.25) is 14.9 Å². The van der Waals surface area contributed by atoms with Crippen molar-refractivity contribution in [3.05, 3.63) is 65.1 Å². The number of aromatic amines is 1. The Balaban J connectivity index is 1.52. The fourth-order valence-corrected chi connectivity index (χ4v) is 5.19. The third kappa shape index (κ3) is 5.19. The van der Waals surface area contributed by atoms with Gasteiger partial charge in [0.15, 0.2) is 0 Å². The van der Waals surface area contributed by atoms with Gasteiger partial charge in [0, 0.05) is 36.3 Å². The van der Waals surface area contributed by atoms with E-state index in [1.54, 1.807) is 24.4 Å². The van der Waals surface area contributed by atoms with Gasteiger partial charge in [-0.2, -0.15) is 0 Å². The summed E-state index contributed by atoms with van der Waals surface area (Å²) in [5, 5.41) is 14.3. The number of H-pyrrole nitrogens is 1. The zero-order valence-electron chi connectivity index (χ0n) is 20.4. The normalized spacial score (nSPS) is 18.0. The van der Waals surface area contributed by atoms with Gasteiger partial charge in [0.25, 0.3) is 5.91 Å². The lowest BCUT2D eigenvalue weighted by molar-refractivity contribution is -0.116. The lowest BCUT2D eigenvalue weighted by Gasteiger charge is -2.30. The average Bonchev–Trinajstić information content (AvgIpc) is 3.29. The molecule has 3 aromatic rings. The molecule has 1 atom stereocenters. The Labute approximate surface area is 214 Å². The Kier molecular flexibility index (Phi) is 6.91. The van der Waals surface area contributed by atoms with Crippen molar-refractivity contribution in [2.24, 2.45) is 5.73 Å². The Hall–Kier alpha value is -4.18. The first kappa shape index (κ1) is 24.5. The van der Waals surface area contributed by atoms with Crippen molar-refractivity contribution in [2.45, 2.75) is 51.1 Å². The van der Waals surface area contributed by atoms with Gasteiger partial charge in [0.1, 0.15) is 5.82 Å². The van der Waals surface area contributed by atoms with Gasteiger partial charge < -0.3 is 26.0 Å². The molecule has 0 saturated carbocycles. The second-order valence-corrected chi connectivity index (χ2v) is 9.48. The molecule has 0 spiro atoms. The molecule has 0 radical (unpaired) electrons. The first-order chi connectivity index (χ1) is 17.9. The second-order valence-electron chi connectivity index (χ2n) is 9.48. The first-order valence-electron chi connectivity index (χ1n) is 12.5. The van der Waals surface area contributed by atoms with E-state index >= 15 is 0 Å². The molecule has 10 nitrogen and oxygen atoms in total. The van der Waals surface area contributed by atoms with Crippen LogP contribution >= 0.6 is 0 Å². The van der Waals surface area contributed by atoms with Gasteiger partial charge in [-0.15, -0.1) is 0 Å². The monoisotopic (exact) mass is 502 g/mol. The van der Waals surface area contributed by atoms with Crippen molar-refractivity contribution in [3.8, 4) is 11.3 Å². The molecule has 2 aliphatic heterocycles. The molecule has 5 rings (SSSR count). The highest BCUT2D eigenvalue weighted by Gasteiger charge is 2.31. The maximum atomic E-state index is 13.7. The van der Waals surface area contributed by atoms with E-state index < -0.39 is 6.09 Å². The van der Waals surface area contributed by atoms with Crippen LogP contribution in [0, 0.1) is 0 Å². The number of fused-ring (bicyclic) bond motifs is 5. The third-order valence-corrected chi connectivity index (χ3v) is 7.00. The molecule has 0 aliphatic carbocycles. The molecular weight excluding hydrogens is 472 g/mol. The Morgan fingerprint density at radius 1 is 1.11 bits per heavy atom. The number of nitrogens with two attached hydrogens (primary N) is 1. The SMILES string of the molecule is NCc1ccc2c(c1)CCCN([C@H]1CCCCC(=O)Nc3cc(NC(=O)O)ccc3-c3cnc1[nH]3)C2=O. The van der Waals surface area contributed by atoms with Gasteiger partial charge >= 0.3 is 6.09 Å². The van der Waals surface area contributed by atoms with Crippen LogP contribution < -0.4 is 16.4 Å². The molecule has 2 bridgehead atoms. The number of rotatable bonds is 3. The van der Waals surface area contributed by atoms with Crippen LogP contribution in [-0.2, 0) is 17.8 Å². The van der Waals surface area contributed by atoms with Gasteiger partial charge in [-0.1, -0.05) is 18.6 Å².